The van der Waals surface area contributed by atoms with Crippen LogP contribution in [0, 0.1) is 5.82 Å². The zero-order valence-corrected chi connectivity index (χ0v) is 11.5. The van der Waals surface area contributed by atoms with Crippen LogP contribution in [-0.4, -0.2) is 13.9 Å². The lowest BCUT2D eigenvalue weighted by Crippen LogP contribution is -2.28. The fourth-order valence-corrected chi connectivity index (χ4v) is 1.98. The molecular weight excluding hydrogens is 300 g/mol. The van der Waals surface area contributed by atoms with Crippen LogP contribution in [0.4, 0.5) is 17.6 Å². The molecule has 0 unspecified atom stereocenters. The summed E-state index contributed by atoms with van der Waals surface area (Å²) in [5.41, 5.74) is -5.01. The molecule has 0 aliphatic heterocycles. The van der Waals surface area contributed by atoms with Crippen LogP contribution in [0.25, 0.3) is 0 Å². The highest BCUT2D eigenvalue weighted by Gasteiger charge is 2.48. The second-order valence-corrected chi connectivity index (χ2v) is 5.74. The number of rotatable bonds is 6. The molecule has 1 aromatic rings. The molecule has 0 amide bonds. The highest BCUT2D eigenvalue weighted by molar-refractivity contribution is 7.88. The van der Waals surface area contributed by atoms with Gasteiger partial charge in [0.1, 0.15) is 0 Å². The van der Waals surface area contributed by atoms with E-state index in [4.69, 9.17) is 0 Å². The van der Waals surface area contributed by atoms with Gasteiger partial charge in [-0.3, -0.25) is 0 Å². The van der Waals surface area contributed by atoms with E-state index in [2.05, 4.69) is 4.18 Å². The Bertz CT molecular complexity index is 552. The fraction of sp³-hybridized carbons (Fsp3) is 0.500. The van der Waals surface area contributed by atoms with Crippen molar-refractivity contribution in [3.63, 3.8) is 0 Å². The Labute approximate surface area is 114 Å². The molecule has 8 heteroatoms. The van der Waals surface area contributed by atoms with Crippen molar-refractivity contribution in [2.24, 2.45) is 0 Å². The van der Waals surface area contributed by atoms with Gasteiger partial charge in [-0.25, -0.2) is 4.39 Å². The summed E-state index contributed by atoms with van der Waals surface area (Å²) in [6.07, 6.45) is 3.31. The van der Waals surface area contributed by atoms with Crippen LogP contribution in [-0.2, 0) is 16.5 Å². The van der Waals surface area contributed by atoms with E-state index in [1.165, 1.54) is 6.07 Å². The van der Waals surface area contributed by atoms with Gasteiger partial charge in [-0.05, 0) is 30.5 Å². The molecule has 0 heterocycles. The molecule has 1 rings (SSSR count). The molecule has 0 aliphatic carbocycles. The van der Waals surface area contributed by atoms with Crippen LogP contribution in [0.2, 0.25) is 0 Å². The summed E-state index contributed by atoms with van der Waals surface area (Å²) in [7, 11) is -5.85. The van der Waals surface area contributed by atoms with Gasteiger partial charge in [-0.15, -0.1) is 0 Å². The average Bonchev–Trinajstić information content (AvgIpc) is 2.31. The zero-order chi connectivity index (χ0) is 15.4. The largest absolute Gasteiger partial charge is 0.534 e. The van der Waals surface area contributed by atoms with Crippen molar-refractivity contribution >= 4 is 10.1 Å². The number of aryl methyl sites for hydroxylation is 1. The fourth-order valence-electron chi connectivity index (χ4n) is 1.51. The summed E-state index contributed by atoms with van der Waals surface area (Å²) in [6.45, 7) is 2.00. The third-order valence-corrected chi connectivity index (χ3v) is 3.51. The molecule has 0 fully saturated rings. The minimum absolute atomic E-state index is 0.567. The summed E-state index contributed by atoms with van der Waals surface area (Å²) in [4.78, 5) is 0. The van der Waals surface area contributed by atoms with Gasteiger partial charge in [0.25, 0.3) is 0 Å². The molecular formula is C12H14F4O3S. The number of hydrogen-bond donors (Lipinski definition) is 0. The summed E-state index contributed by atoms with van der Waals surface area (Å²) in [5.74, 6) is -2.09. The SMILES string of the molecule is CCCCCc1ccc(OS(=O)(=O)C(F)(F)F)c(F)c1. The predicted molar refractivity (Wildman–Crippen MR) is 65.2 cm³/mol. The Morgan fingerprint density at radius 1 is 1.20 bits per heavy atom. The lowest BCUT2D eigenvalue weighted by atomic mass is 10.1. The highest BCUT2D eigenvalue weighted by Crippen LogP contribution is 2.28. The Kier molecular flexibility index (Phi) is 5.38. The first-order valence-corrected chi connectivity index (χ1v) is 7.37. The van der Waals surface area contributed by atoms with Gasteiger partial charge in [0.2, 0.25) is 0 Å². The van der Waals surface area contributed by atoms with Crippen LogP contribution in [0.1, 0.15) is 31.7 Å². The number of alkyl halides is 3. The average molecular weight is 314 g/mol. The summed E-state index contributed by atoms with van der Waals surface area (Å²) < 4.78 is 75.1. The van der Waals surface area contributed by atoms with Gasteiger partial charge in [0, 0.05) is 0 Å². The van der Waals surface area contributed by atoms with Crippen molar-refractivity contribution in [2.75, 3.05) is 0 Å². The van der Waals surface area contributed by atoms with E-state index >= 15 is 0 Å². The van der Waals surface area contributed by atoms with E-state index in [9.17, 15) is 26.0 Å². The normalized spacial score (nSPS) is 12.4. The number of unbranched alkanes of at least 4 members (excludes halogenated alkanes) is 2. The Morgan fingerprint density at radius 3 is 2.35 bits per heavy atom. The summed E-state index contributed by atoms with van der Waals surface area (Å²) in [5, 5.41) is 0. The second-order valence-electron chi connectivity index (χ2n) is 4.21. The topological polar surface area (TPSA) is 43.4 Å². The van der Waals surface area contributed by atoms with Gasteiger partial charge >= 0.3 is 15.6 Å². The third-order valence-electron chi connectivity index (χ3n) is 2.55. The summed E-state index contributed by atoms with van der Waals surface area (Å²) in [6, 6.07) is 3.22. The van der Waals surface area contributed by atoms with Crippen LogP contribution >= 0.6 is 0 Å². The van der Waals surface area contributed by atoms with Gasteiger partial charge in [-0.1, -0.05) is 25.8 Å². The van der Waals surface area contributed by atoms with E-state index in [-0.39, 0.29) is 0 Å². The Hall–Kier alpha value is -1.31. The van der Waals surface area contributed by atoms with E-state index in [1.54, 1.807) is 0 Å². The van der Waals surface area contributed by atoms with Gasteiger partial charge < -0.3 is 4.18 Å². The van der Waals surface area contributed by atoms with E-state index in [0.29, 0.717) is 12.0 Å². The van der Waals surface area contributed by atoms with Crippen molar-refractivity contribution in [2.45, 2.75) is 38.1 Å². The molecule has 0 N–H and O–H groups in total. The Balaban J connectivity index is 2.84. The standard InChI is InChI=1S/C12H14F4O3S/c1-2-3-4-5-9-6-7-11(10(13)8-9)19-20(17,18)12(14,15)16/h6-8H,2-5H2,1H3. The molecule has 0 atom stereocenters. The first kappa shape index (κ1) is 16.7. The second kappa shape index (κ2) is 6.43. The highest BCUT2D eigenvalue weighted by atomic mass is 32.2. The van der Waals surface area contributed by atoms with Crippen LogP contribution in [0.3, 0.4) is 0 Å². The van der Waals surface area contributed by atoms with Crippen LogP contribution < -0.4 is 4.18 Å². The first-order chi connectivity index (χ1) is 9.17. The summed E-state index contributed by atoms with van der Waals surface area (Å²) >= 11 is 0. The van der Waals surface area contributed by atoms with Crippen molar-refractivity contribution in [1.29, 1.82) is 0 Å². The van der Waals surface area contributed by atoms with Gasteiger partial charge in [0.15, 0.2) is 11.6 Å². The molecule has 0 bridgehead atoms. The third kappa shape index (κ3) is 4.36. The molecule has 0 saturated heterocycles. The molecule has 0 spiro atoms. The lowest BCUT2D eigenvalue weighted by molar-refractivity contribution is -0.0500. The van der Waals surface area contributed by atoms with Gasteiger partial charge in [-0.2, -0.15) is 21.6 Å². The molecule has 3 nitrogen and oxygen atoms in total. The van der Waals surface area contributed by atoms with E-state index < -0.39 is 27.2 Å². The van der Waals surface area contributed by atoms with E-state index in [1.807, 2.05) is 6.92 Å². The minimum atomic E-state index is -5.85. The molecule has 0 radical (unpaired) electrons. The minimum Gasteiger partial charge on any atom is -0.373 e. The predicted octanol–water partition coefficient (Wildman–Crippen LogP) is 3.79. The molecule has 0 aromatic heterocycles. The smallest absolute Gasteiger partial charge is 0.373 e. The molecule has 20 heavy (non-hydrogen) atoms. The number of halogens is 4. The monoisotopic (exact) mass is 314 g/mol. The van der Waals surface area contributed by atoms with Crippen molar-refractivity contribution in [3.8, 4) is 5.75 Å². The van der Waals surface area contributed by atoms with Crippen molar-refractivity contribution < 1.29 is 30.2 Å². The number of hydrogen-bond acceptors (Lipinski definition) is 3. The maximum atomic E-state index is 13.5. The van der Waals surface area contributed by atoms with Crippen molar-refractivity contribution in [3.05, 3.63) is 29.6 Å². The Morgan fingerprint density at radius 2 is 1.85 bits per heavy atom. The van der Waals surface area contributed by atoms with E-state index in [0.717, 1.165) is 31.4 Å². The molecule has 0 aliphatic rings. The van der Waals surface area contributed by atoms with Crippen LogP contribution in [0.15, 0.2) is 18.2 Å². The molecule has 114 valence electrons. The molecule has 1 aromatic carbocycles. The maximum Gasteiger partial charge on any atom is 0.534 e. The van der Waals surface area contributed by atoms with Gasteiger partial charge in [0.05, 0.1) is 0 Å². The number of benzene rings is 1. The first-order valence-electron chi connectivity index (χ1n) is 5.96. The lowest BCUT2D eigenvalue weighted by Gasteiger charge is -2.10. The maximum absolute atomic E-state index is 13.5. The zero-order valence-electron chi connectivity index (χ0n) is 10.7. The quantitative estimate of drug-likeness (QED) is 0.347. The molecule has 0 saturated carbocycles. The van der Waals surface area contributed by atoms with Crippen molar-refractivity contribution in [1.82, 2.24) is 0 Å². The van der Waals surface area contributed by atoms with Crippen LogP contribution in [0.5, 0.6) is 5.75 Å².